The van der Waals surface area contributed by atoms with Gasteiger partial charge in [0.05, 0.1) is 0 Å². The van der Waals surface area contributed by atoms with Crippen molar-refractivity contribution in [3.63, 3.8) is 0 Å². The van der Waals surface area contributed by atoms with Crippen molar-refractivity contribution in [2.24, 2.45) is 5.92 Å². The molecule has 0 saturated heterocycles. The van der Waals surface area contributed by atoms with Crippen LogP contribution in [0.25, 0.3) is 0 Å². The Balaban J connectivity index is 2.42. The molecule has 8 heteroatoms. The van der Waals surface area contributed by atoms with Gasteiger partial charge in [-0.25, -0.2) is 13.4 Å². The van der Waals surface area contributed by atoms with Crippen molar-refractivity contribution in [2.45, 2.75) is 43.0 Å². The molecule has 0 amide bonds. The van der Waals surface area contributed by atoms with Crippen LogP contribution >= 0.6 is 11.6 Å². The fourth-order valence-corrected chi connectivity index (χ4v) is 4.66. The number of carboxylic acids is 1. The maximum Gasteiger partial charge on any atom is 0.325 e. The fourth-order valence-electron chi connectivity index (χ4n) is 2.73. The number of aliphatic carboxylic acids is 1. The molecule has 0 aliphatic heterocycles. The second-order valence-corrected chi connectivity index (χ2v) is 7.33. The van der Waals surface area contributed by atoms with Gasteiger partial charge in [0, 0.05) is 6.20 Å². The number of carbonyl (C=O) groups is 1. The summed E-state index contributed by atoms with van der Waals surface area (Å²) in [5, 5.41) is 9.39. The number of hydrogen-bond donors (Lipinski definition) is 2. The van der Waals surface area contributed by atoms with Crippen molar-refractivity contribution >= 4 is 27.6 Å². The van der Waals surface area contributed by atoms with Crippen molar-refractivity contribution in [3.8, 4) is 0 Å². The topological polar surface area (TPSA) is 96.4 Å². The SMILES string of the molecule is CC1CCCCC1(NS(=O)(=O)c1cccnc1Cl)C(=O)O. The maximum absolute atomic E-state index is 12.5. The zero-order valence-electron chi connectivity index (χ0n) is 11.5. The van der Waals surface area contributed by atoms with Gasteiger partial charge in [-0.05, 0) is 30.9 Å². The van der Waals surface area contributed by atoms with Crippen LogP contribution in [0.5, 0.6) is 0 Å². The molecule has 6 nitrogen and oxygen atoms in total. The summed E-state index contributed by atoms with van der Waals surface area (Å²) in [5.41, 5.74) is -1.49. The van der Waals surface area contributed by atoms with Crippen molar-refractivity contribution in [2.75, 3.05) is 0 Å². The molecule has 1 saturated carbocycles. The van der Waals surface area contributed by atoms with Gasteiger partial charge in [0.25, 0.3) is 0 Å². The van der Waals surface area contributed by atoms with E-state index in [4.69, 9.17) is 11.6 Å². The Kier molecular flexibility index (Phi) is 4.55. The van der Waals surface area contributed by atoms with E-state index in [1.165, 1.54) is 18.3 Å². The minimum Gasteiger partial charge on any atom is -0.480 e. The zero-order valence-corrected chi connectivity index (χ0v) is 13.1. The van der Waals surface area contributed by atoms with Crippen molar-refractivity contribution < 1.29 is 18.3 Å². The Morgan fingerprint density at radius 2 is 2.24 bits per heavy atom. The second-order valence-electron chi connectivity index (χ2n) is 5.32. The molecule has 0 bridgehead atoms. The molecule has 2 N–H and O–H groups in total. The number of sulfonamides is 1. The standard InChI is InChI=1S/C13H17ClN2O4S/c1-9-5-2-3-7-13(9,12(17)18)16-21(19,20)10-6-4-8-15-11(10)14/h4,6,8-9,16H,2-3,5,7H2,1H3,(H,17,18). The van der Waals surface area contributed by atoms with Crippen molar-refractivity contribution in [1.29, 1.82) is 0 Å². The van der Waals surface area contributed by atoms with Crippen LogP contribution in [0.2, 0.25) is 5.15 Å². The summed E-state index contributed by atoms with van der Waals surface area (Å²) in [6.45, 7) is 1.75. The van der Waals surface area contributed by atoms with Gasteiger partial charge in [-0.1, -0.05) is 31.4 Å². The third-order valence-corrected chi connectivity index (χ3v) is 5.97. The van der Waals surface area contributed by atoms with Gasteiger partial charge in [-0.2, -0.15) is 4.72 Å². The first-order valence-electron chi connectivity index (χ1n) is 6.67. The van der Waals surface area contributed by atoms with E-state index in [-0.39, 0.29) is 22.4 Å². The molecule has 1 aliphatic carbocycles. The van der Waals surface area contributed by atoms with Crippen LogP contribution in [0, 0.1) is 5.92 Å². The normalized spacial score (nSPS) is 26.5. The second kappa shape index (κ2) is 5.90. The molecule has 2 unspecified atom stereocenters. The average molecular weight is 333 g/mol. The summed E-state index contributed by atoms with van der Waals surface area (Å²) < 4.78 is 27.3. The van der Waals surface area contributed by atoms with E-state index >= 15 is 0 Å². The van der Waals surface area contributed by atoms with Crippen LogP contribution in [-0.2, 0) is 14.8 Å². The molecule has 0 radical (unpaired) electrons. The third kappa shape index (κ3) is 3.04. The highest BCUT2D eigenvalue weighted by molar-refractivity contribution is 7.89. The lowest BCUT2D eigenvalue weighted by atomic mass is 9.74. The molecule has 1 fully saturated rings. The first-order valence-corrected chi connectivity index (χ1v) is 8.53. The van der Waals surface area contributed by atoms with Gasteiger partial charge in [0.1, 0.15) is 15.6 Å². The van der Waals surface area contributed by atoms with E-state index < -0.39 is 21.5 Å². The molecular formula is C13H17ClN2O4S. The summed E-state index contributed by atoms with van der Waals surface area (Å²) in [7, 11) is -4.05. The van der Waals surface area contributed by atoms with E-state index in [1.54, 1.807) is 6.92 Å². The first-order chi connectivity index (χ1) is 9.79. The molecular weight excluding hydrogens is 316 g/mol. The largest absolute Gasteiger partial charge is 0.480 e. The van der Waals surface area contributed by atoms with Crippen LogP contribution in [-0.4, -0.2) is 30.0 Å². The van der Waals surface area contributed by atoms with Crippen LogP contribution in [0.4, 0.5) is 0 Å². The number of carboxylic acid groups (broad SMARTS) is 1. The van der Waals surface area contributed by atoms with Crippen LogP contribution in [0.15, 0.2) is 23.2 Å². The number of halogens is 1. The fraction of sp³-hybridized carbons (Fsp3) is 0.538. The van der Waals surface area contributed by atoms with Crippen LogP contribution < -0.4 is 4.72 Å². The Bertz CT molecular complexity index is 649. The highest BCUT2D eigenvalue weighted by Gasteiger charge is 2.48. The molecule has 2 rings (SSSR count). The number of hydrogen-bond acceptors (Lipinski definition) is 4. The molecule has 0 aromatic carbocycles. The average Bonchev–Trinajstić information content (AvgIpc) is 2.41. The highest BCUT2D eigenvalue weighted by atomic mass is 35.5. The lowest BCUT2D eigenvalue weighted by Crippen LogP contribution is -2.59. The smallest absolute Gasteiger partial charge is 0.325 e. The maximum atomic E-state index is 12.5. The van der Waals surface area contributed by atoms with Crippen LogP contribution in [0.1, 0.15) is 32.6 Å². The molecule has 1 aliphatic rings. The third-order valence-electron chi connectivity index (χ3n) is 4.01. The highest BCUT2D eigenvalue weighted by Crippen LogP contribution is 2.35. The minimum atomic E-state index is -4.05. The predicted molar refractivity (Wildman–Crippen MR) is 77.6 cm³/mol. The lowest BCUT2D eigenvalue weighted by molar-refractivity contribution is -0.147. The summed E-state index contributed by atoms with van der Waals surface area (Å²) in [6, 6.07) is 2.75. The monoisotopic (exact) mass is 332 g/mol. The summed E-state index contributed by atoms with van der Waals surface area (Å²) in [5.74, 6) is -1.45. The van der Waals surface area contributed by atoms with E-state index in [1.807, 2.05) is 0 Å². The summed E-state index contributed by atoms with van der Waals surface area (Å²) in [6.07, 6.45) is 3.86. The molecule has 116 valence electrons. The Hall–Kier alpha value is -1.18. The van der Waals surface area contributed by atoms with Gasteiger partial charge in [0.2, 0.25) is 10.0 Å². The van der Waals surface area contributed by atoms with E-state index in [0.29, 0.717) is 12.8 Å². The van der Waals surface area contributed by atoms with Gasteiger partial charge < -0.3 is 5.11 Å². The summed E-state index contributed by atoms with van der Waals surface area (Å²) >= 11 is 5.81. The molecule has 1 aromatic rings. The van der Waals surface area contributed by atoms with E-state index in [9.17, 15) is 18.3 Å². The van der Waals surface area contributed by atoms with Gasteiger partial charge in [-0.15, -0.1) is 0 Å². The van der Waals surface area contributed by atoms with Gasteiger partial charge in [-0.3, -0.25) is 4.79 Å². The Labute approximate surface area is 128 Å². The van der Waals surface area contributed by atoms with Crippen LogP contribution in [0.3, 0.4) is 0 Å². The zero-order chi connectivity index (χ0) is 15.7. The van der Waals surface area contributed by atoms with Crippen molar-refractivity contribution in [1.82, 2.24) is 9.71 Å². The number of nitrogens with one attached hydrogen (secondary N) is 1. The van der Waals surface area contributed by atoms with E-state index in [2.05, 4.69) is 9.71 Å². The first kappa shape index (κ1) is 16.2. The number of aromatic nitrogens is 1. The lowest BCUT2D eigenvalue weighted by Gasteiger charge is -2.39. The minimum absolute atomic E-state index is 0.172. The summed E-state index contributed by atoms with van der Waals surface area (Å²) in [4.78, 5) is 15.2. The van der Waals surface area contributed by atoms with E-state index in [0.717, 1.165) is 6.42 Å². The van der Waals surface area contributed by atoms with Crippen molar-refractivity contribution in [3.05, 3.63) is 23.5 Å². The predicted octanol–water partition coefficient (Wildman–Crippen LogP) is 2.05. The molecule has 21 heavy (non-hydrogen) atoms. The van der Waals surface area contributed by atoms with Gasteiger partial charge >= 0.3 is 5.97 Å². The van der Waals surface area contributed by atoms with Gasteiger partial charge in [0.15, 0.2) is 0 Å². The molecule has 0 spiro atoms. The number of pyridine rings is 1. The number of nitrogens with zero attached hydrogens (tertiary/aromatic N) is 1. The molecule has 1 heterocycles. The quantitative estimate of drug-likeness (QED) is 0.822. The molecule has 1 aromatic heterocycles. The Morgan fingerprint density at radius 3 is 2.81 bits per heavy atom. The number of rotatable bonds is 4. The Morgan fingerprint density at radius 1 is 1.52 bits per heavy atom. The molecule has 2 atom stereocenters.